The summed E-state index contributed by atoms with van der Waals surface area (Å²) in [6.07, 6.45) is 19.0. The van der Waals surface area contributed by atoms with Gasteiger partial charge in [-0.2, -0.15) is 0 Å². The quantitative estimate of drug-likeness (QED) is 0.259. The number of benzene rings is 1. The second kappa shape index (κ2) is 16.4. The number of rotatable bonds is 18. The lowest BCUT2D eigenvalue weighted by molar-refractivity contribution is 0.0697. The van der Waals surface area contributed by atoms with E-state index in [2.05, 4.69) is 13.8 Å². The Morgan fingerprint density at radius 1 is 0.750 bits per heavy atom. The van der Waals surface area contributed by atoms with Crippen molar-refractivity contribution in [3.63, 3.8) is 0 Å². The number of carbonyl (C=O) groups is 1. The van der Waals surface area contributed by atoms with Crippen molar-refractivity contribution in [2.45, 2.75) is 104 Å². The largest absolute Gasteiger partial charge is 0.494 e. The van der Waals surface area contributed by atoms with Crippen LogP contribution in [-0.4, -0.2) is 17.7 Å². The molecule has 1 aromatic rings. The van der Waals surface area contributed by atoms with E-state index in [9.17, 15) is 4.79 Å². The van der Waals surface area contributed by atoms with Crippen LogP contribution in [0.1, 0.15) is 114 Å². The molecule has 0 atom stereocenters. The maximum atomic E-state index is 10.8. The molecule has 0 fully saturated rings. The molecule has 0 amide bonds. The van der Waals surface area contributed by atoms with Gasteiger partial charge in [0.25, 0.3) is 0 Å². The molecule has 160 valence electrons. The van der Waals surface area contributed by atoms with Gasteiger partial charge in [-0.25, -0.2) is 4.79 Å². The van der Waals surface area contributed by atoms with E-state index < -0.39 is 5.97 Å². The van der Waals surface area contributed by atoms with Crippen LogP contribution >= 0.6 is 0 Å². The minimum atomic E-state index is -0.899. The van der Waals surface area contributed by atoms with Crippen molar-refractivity contribution in [1.29, 1.82) is 0 Å². The van der Waals surface area contributed by atoms with Gasteiger partial charge in [-0.05, 0) is 36.6 Å². The van der Waals surface area contributed by atoms with E-state index in [0.29, 0.717) is 12.2 Å². The van der Waals surface area contributed by atoms with E-state index in [-0.39, 0.29) is 0 Å². The predicted molar refractivity (Wildman–Crippen MR) is 118 cm³/mol. The van der Waals surface area contributed by atoms with E-state index >= 15 is 0 Å². The SMILES string of the molecule is CC(C)CCCCCCCCCCCCCCCOc1ccc(C(=O)O)cc1. The second-order valence-electron chi connectivity index (χ2n) is 8.46. The molecule has 1 rings (SSSR count). The predicted octanol–water partition coefficient (Wildman–Crippen LogP) is 7.88. The summed E-state index contributed by atoms with van der Waals surface area (Å²) in [6.45, 7) is 5.35. The first-order valence-electron chi connectivity index (χ1n) is 11.6. The van der Waals surface area contributed by atoms with Crippen LogP contribution in [0.3, 0.4) is 0 Å². The molecule has 0 aliphatic heterocycles. The molecule has 0 saturated carbocycles. The Kier molecular flexibility index (Phi) is 14.4. The van der Waals surface area contributed by atoms with Crippen molar-refractivity contribution >= 4 is 5.97 Å². The zero-order chi connectivity index (χ0) is 20.5. The number of carboxylic acid groups (broad SMARTS) is 1. The fourth-order valence-electron chi connectivity index (χ4n) is 3.48. The average molecular weight is 391 g/mol. The smallest absolute Gasteiger partial charge is 0.335 e. The highest BCUT2D eigenvalue weighted by Crippen LogP contribution is 2.15. The third-order valence-corrected chi connectivity index (χ3v) is 5.30. The van der Waals surface area contributed by atoms with Crippen molar-refractivity contribution in [3.8, 4) is 5.75 Å². The summed E-state index contributed by atoms with van der Waals surface area (Å²) >= 11 is 0. The molecule has 0 aliphatic rings. The highest BCUT2D eigenvalue weighted by Gasteiger charge is 2.02. The molecular formula is C25H42O3. The van der Waals surface area contributed by atoms with Gasteiger partial charge in [0, 0.05) is 0 Å². The molecule has 1 aromatic carbocycles. The molecule has 28 heavy (non-hydrogen) atoms. The first kappa shape index (κ1) is 24.5. The van der Waals surface area contributed by atoms with Gasteiger partial charge in [0.05, 0.1) is 12.2 Å². The van der Waals surface area contributed by atoms with Gasteiger partial charge < -0.3 is 9.84 Å². The standard InChI is InChI=1S/C25H42O3/c1-22(2)16-14-12-10-8-6-4-3-5-7-9-11-13-15-21-28-24-19-17-23(18-20-24)25(26)27/h17-20,22H,3-16,21H2,1-2H3,(H,26,27). The first-order chi connectivity index (χ1) is 13.6. The molecule has 0 aromatic heterocycles. The zero-order valence-corrected chi connectivity index (χ0v) is 18.3. The zero-order valence-electron chi connectivity index (χ0n) is 18.3. The molecule has 3 nitrogen and oxygen atoms in total. The van der Waals surface area contributed by atoms with Crippen molar-refractivity contribution in [2.24, 2.45) is 5.92 Å². The van der Waals surface area contributed by atoms with Crippen LogP contribution in [0.2, 0.25) is 0 Å². The summed E-state index contributed by atoms with van der Waals surface area (Å²) in [5.74, 6) is 0.721. The Morgan fingerprint density at radius 3 is 1.61 bits per heavy atom. The third kappa shape index (κ3) is 13.6. The fourth-order valence-corrected chi connectivity index (χ4v) is 3.48. The molecule has 0 unspecified atom stereocenters. The van der Waals surface area contributed by atoms with E-state index in [4.69, 9.17) is 9.84 Å². The summed E-state index contributed by atoms with van der Waals surface area (Å²) in [5, 5.41) is 8.87. The van der Waals surface area contributed by atoms with Crippen LogP contribution in [0.4, 0.5) is 0 Å². The highest BCUT2D eigenvalue weighted by atomic mass is 16.5. The van der Waals surface area contributed by atoms with Crippen molar-refractivity contribution < 1.29 is 14.6 Å². The Bertz CT molecular complexity index is 493. The van der Waals surface area contributed by atoms with Crippen LogP contribution in [0.5, 0.6) is 5.75 Å². The average Bonchev–Trinajstić information content (AvgIpc) is 2.67. The van der Waals surface area contributed by atoms with Crippen LogP contribution < -0.4 is 4.74 Å². The van der Waals surface area contributed by atoms with Crippen LogP contribution in [0, 0.1) is 5.92 Å². The first-order valence-corrected chi connectivity index (χ1v) is 11.6. The van der Waals surface area contributed by atoms with Gasteiger partial charge in [0.15, 0.2) is 0 Å². The minimum absolute atomic E-state index is 0.300. The maximum absolute atomic E-state index is 10.8. The molecular weight excluding hydrogens is 348 g/mol. The molecule has 1 N–H and O–H groups in total. The number of carboxylic acids is 1. The number of aromatic carboxylic acids is 1. The molecule has 3 heteroatoms. The molecule has 0 spiro atoms. The van der Waals surface area contributed by atoms with Gasteiger partial charge in [0.2, 0.25) is 0 Å². The number of hydrogen-bond acceptors (Lipinski definition) is 2. The Balaban J connectivity index is 1.80. The normalized spacial score (nSPS) is 11.1. The van der Waals surface area contributed by atoms with Crippen LogP contribution in [0.25, 0.3) is 0 Å². The van der Waals surface area contributed by atoms with Crippen molar-refractivity contribution in [2.75, 3.05) is 6.61 Å². The number of ether oxygens (including phenoxy) is 1. The summed E-state index contributed by atoms with van der Waals surface area (Å²) in [5.41, 5.74) is 0.300. The maximum Gasteiger partial charge on any atom is 0.335 e. The third-order valence-electron chi connectivity index (χ3n) is 5.30. The summed E-state index contributed by atoms with van der Waals surface area (Å²) in [7, 11) is 0. The topological polar surface area (TPSA) is 46.5 Å². The van der Waals surface area contributed by atoms with Crippen LogP contribution in [0.15, 0.2) is 24.3 Å². The van der Waals surface area contributed by atoms with Gasteiger partial charge in [-0.15, -0.1) is 0 Å². The molecule has 0 aliphatic carbocycles. The fraction of sp³-hybridized carbons (Fsp3) is 0.720. The van der Waals surface area contributed by atoms with Gasteiger partial charge in [-0.1, -0.05) is 97.3 Å². The molecule has 0 bridgehead atoms. The van der Waals surface area contributed by atoms with E-state index in [1.165, 1.54) is 83.5 Å². The molecule has 0 saturated heterocycles. The van der Waals surface area contributed by atoms with Gasteiger partial charge in [0.1, 0.15) is 5.75 Å². The molecule has 0 radical (unpaired) electrons. The monoisotopic (exact) mass is 390 g/mol. The lowest BCUT2D eigenvalue weighted by atomic mass is 10.0. The lowest BCUT2D eigenvalue weighted by Crippen LogP contribution is -1.99. The lowest BCUT2D eigenvalue weighted by Gasteiger charge is -2.06. The summed E-state index contributed by atoms with van der Waals surface area (Å²) in [6, 6.07) is 6.64. The van der Waals surface area contributed by atoms with E-state index in [0.717, 1.165) is 18.1 Å². The number of unbranched alkanes of at least 4 members (excludes halogenated alkanes) is 12. The Morgan fingerprint density at radius 2 is 1.18 bits per heavy atom. The van der Waals surface area contributed by atoms with Crippen LogP contribution in [-0.2, 0) is 0 Å². The van der Waals surface area contributed by atoms with E-state index in [1.807, 2.05) is 0 Å². The highest BCUT2D eigenvalue weighted by molar-refractivity contribution is 5.87. The van der Waals surface area contributed by atoms with Gasteiger partial charge >= 0.3 is 5.97 Å². The Hall–Kier alpha value is -1.51. The second-order valence-corrected chi connectivity index (χ2v) is 8.46. The number of hydrogen-bond donors (Lipinski definition) is 1. The van der Waals surface area contributed by atoms with Crippen molar-refractivity contribution in [1.82, 2.24) is 0 Å². The van der Waals surface area contributed by atoms with Crippen molar-refractivity contribution in [3.05, 3.63) is 29.8 Å². The minimum Gasteiger partial charge on any atom is -0.494 e. The Labute approximate surface area is 172 Å². The van der Waals surface area contributed by atoms with Gasteiger partial charge in [-0.3, -0.25) is 0 Å². The summed E-state index contributed by atoms with van der Waals surface area (Å²) in [4.78, 5) is 10.8. The van der Waals surface area contributed by atoms with E-state index in [1.54, 1.807) is 24.3 Å². The summed E-state index contributed by atoms with van der Waals surface area (Å²) < 4.78 is 5.67. The molecule has 0 heterocycles.